The summed E-state index contributed by atoms with van der Waals surface area (Å²) in [5, 5.41) is 9.55. The number of benzene rings is 1. The Bertz CT molecular complexity index is 854. The van der Waals surface area contributed by atoms with E-state index in [1.165, 1.54) is 12.1 Å². The number of hydrogen-bond donors (Lipinski definition) is 2. The van der Waals surface area contributed by atoms with Gasteiger partial charge in [0, 0.05) is 12.7 Å². The molecule has 2 N–H and O–H groups in total. The van der Waals surface area contributed by atoms with Crippen LogP contribution in [0.25, 0.3) is 0 Å². The molecule has 0 bridgehead atoms. The van der Waals surface area contributed by atoms with Crippen molar-refractivity contribution in [1.29, 1.82) is 0 Å². The number of fused-ring (bicyclic) bond motifs is 1. The highest BCUT2D eigenvalue weighted by atomic mass is 32.2. The van der Waals surface area contributed by atoms with Crippen LogP contribution in [0.4, 0.5) is 5.82 Å². The molecule has 1 aliphatic rings. The summed E-state index contributed by atoms with van der Waals surface area (Å²) in [6.07, 6.45) is 3.33. The lowest BCUT2D eigenvalue weighted by atomic mass is 9.95. The minimum Gasteiger partial charge on any atom is -0.478 e. The Morgan fingerprint density at radius 1 is 1.17 bits per heavy atom. The van der Waals surface area contributed by atoms with Gasteiger partial charge in [0.05, 0.1) is 4.90 Å². The van der Waals surface area contributed by atoms with Crippen molar-refractivity contribution in [3.63, 3.8) is 0 Å². The number of nitrogens with one attached hydrogen (secondary N) is 1. The SMILES string of the molecule is Cn1c2c(c(C(=O)O)c1NS(=O)(=O)c1ccccc1)CCCC2. The van der Waals surface area contributed by atoms with E-state index in [2.05, 4.69) is 4.72 Å². The summed E-state index contributed by atoms with van der Waals surface area (Å²) in [5.74, 6) is -0.970. The first-order valence-corrected chi connectivity index (χ1v) is 8.91. The maximum atomic E-state index is 12.5. The fraction of sp³-hybridized carbons (Fsp3) is 0.312. The molecule has 122 valence electrons. The number of sulfonamides is 1. The molecule has 0 radical (unpaired) electrons. The van der Waals surface area contributed by atoms with Crippen LogP contribution >= 0.6 is 0 Å². The lowest BCUT2D eigenvalue weighted by Crippen LogP contribution is -2.17. The van der Waals surface area contributed by atoms with Gasteiger partial charge in [-0.3, -0.25) is 4.72 Å². The number of aromatic carboxylic acids is 1. The predicted molar refractivity (Wildman–Crippen MR) is 86.3 cm³/mol. The molecule has 1 aliphatic carbocycles. The van der Waals surface area contributed by atoms with E-state index in [0.29, 0.717) is 6.42 Å². The van der Waals surface area contributed by atoms with E-state index in [0.717, 1.165) is 30.5 Å². The summed E-state index contributed by atoms with van der Waals surface area (Å²) in [7, 11) is -2.12. The quantitative estimate of drug-likeness (QED) is 0.898. The van der Waals surface area contributed by atoms with E-state index >= 15 is 0 Å². The normalized spacial score (nSPS) is 14.3. The van der Waals surface area contributed by atoms with Gasteiger partial charge in [0.2, 0.25) is 0 Å². The molecule has 0 aliphatic heterocycles. The zero-order chi connectivity index (χ0) is 16.6. The number of anilines is 1. The first-order chi connectivity index (χ1) is 10.9. The Morgan fingerprint density at radius 2 is 1.83 bits per heavy atom. The zero-order valence-corrected chi connectivity index (χ0v) is 13.6. The molecule has 0 amide bonds. The first-order valence-electron chi connectivity index (χ1n) is 7.43. The standard InChI is InChI=1S/C16H18N2O4S/c1-18-13-10-6-5-9-12(13)14(16(19)20)15(18)17-23(21,22)11-7-3-2-4-8-11/h2-4,7-8,17H,5-6,9-10H2,1H3,(H,19,20). The Hall–Kier alpha value is -2.28. The van der Waals surface area contributed by atoms with E-state index in [1.54, 1.807) is 29.8 Å². The molecule has 0 saturated heterocycles. The molecule has 2 aromatic rings. The van der Waals surface area contributed by atoms with E-state index in [-0.39, 0.29) is 16.3 Å². The summed E-state index contributed by atoms with van der Waals surface area (Å²) < 4.78 is 29.2. The van der Waals surface area contributed by atoms with Crippen molar-refractivity contribution in [1.82, 2.24) is 4.57 Å². The summed E-state index contributed by atoms with van der Waals surface area (Å²) in [4.78, 5) is 11.8. The molecule has 1 aromatic carbocycles. The van der Waals surface area contributed by atoms with Crippen LogP contribution in [0.2, 0.25) is 0 Å². The Morgan fingerprint density at radius 3 is 2.48 bits per heavy atom. The summed E-state index contributed by atoms with van der Waals surface area (Å²) in [6, 6.07) is 7.94. The minimum absolute atomic E-state index is 0.0710. The number of hydrogen-bond acceptors (Lipinski definition) is 3. The van der Waals surface area contributed by atoms with Gasteiger partial charge in [-0.2, -0.15) is 0 Å². The van der Waals surface area contributed by atoms with E-state index in [9.17, 15) is 18.3 Å². The average Bonchev–Trinajstić information content (AvgIpc) is 2.81. The highest BCUT2D eigenvalue weighted by Crippen LogP contribution is 2.33. The predicted octanol–water partition coefficient (Wildman–Crippen LogP) is 2.40. The number of carbonyl (C=O) groups is 1. The molecule has 0 spiro atoms. The van der Waals surface area contributed by atoms with Gasteiger partial charge in [0.25, 0.3) is 10.0 Å². The third-order valence-electron chi connectivity index (χ3n) is 4.22. The summed E-state index contributed by atoms with van der Waals surface area (Å²) in [5.41, 5.74) is 1.72. The molecule has 6 nitrogen and oxygen atoms in total. The van der Waals surface area contributed by atoms with Gasteiger partial charge in [0.1, 0.15) is 11.4 Å². The smallest absolute Gasteiger partial charge is 0.339 e. The fourth-order valence-electron chi connectivity index (χ4n) is 3.11. The lowest BCUT2D eigenvalue weighted by Gasteiger charge is -2.13. The Kier molecular flexibility index (Phi) is 3.89. The second kappa shape index (κ2) is 5.73. The van der Waals surface area contributed by atoms with Gasteiger partial charge >= 0.3 is 5.97 Å². The van der Waals surface area contributed by atoms with E-state index < -0.39 is 16.0 Å². The van der Waals surface area contributed by atoms with Crippen LogP contribution < -0.4 is 4.72 Å². The summed E-state index contributed by atoms with van der Waals surface area (Å²) in [6.45, 7) is 0. The van der Waals surface area contributed by atoms with Crippen molar-refractivity contribution in [2.75, 3.05) is 4.72 Å². The first kappa shape index (κ1) is 15.6. The van der Waals surface area contributed by atoms with Crippen LogP contribution in [0, 0.1) is 0 Å². The zero-order valence-electron chi connectivity index (χ0n) is 12.7. The second-order valence-corrected chi connectivity index (χ2v) is 7.32. The topological polar surface area (TPSA) is 88.4 Å². The average molecular weight is 334 g/mol. The number of rotatable bonds is 4. The molecule has 7 heteroatoms. The second-order valence-electron chi connectivity index (χ2n) is 5.64. The molecule has 1 heterocycles. The molecular formula is C16H18N2O4S. The molecular weight excluding hydrogens is 316 g/mol. The highest BCUT2D eigenvalue weighted by Gasteiger charge is 2.29. The lowest BCUT2D eigenvalue weighted by molar-refractivity contribution is 0.0697. The third kappa shape index (κ3) is 2.72. The Balaban J connectivity index is 2.10. The van der Waals surface area contributed by atoms with Crippen LogP contribution in [0.5, 0.6) is 0 Å². The van der Waals surface area contributed by atoms with Crippen molar-refractivity contribution in [3.05, 3.63) is 47.2 Å². The van der Waals surface area contributed by atoms with Crippen molar-refractivity contribution in [2.24, 2.45) is 7.05 Å². The van der Waals surface area contributed by atoms with Gasteiger partial charge in [-0.1, -0.05) is 18.2 Å². The number of carboxylic acids is 1. The monoisotopic (exact) mass is 334 g/mol. The number of aromatic nitrogens is 1. The van der Waals surface area contributed by atoms with Crippen molar-refractivity contribution < 1.29 is 18.3 Å². The van der Waals surface area contributed by atoms with E-state index in [4.69, 9.17) is 0 Å². The molecule has 3 rings (SSSR count). The minimum atomic E-state index is -3.83. The Labute approximate surface area is 134 Å². The van der Waals surface area contributed by atoms with Gasteiger partial charge in [-0.05, 0) is 43.4 Å². The number of carboxylic acid groups (broad SMARTS) is 1. The highest BCUT2D eigenvalue weighted by molar-refractivity contribution is 7.92. The van der Waals surface area contributed by atoms with E-state index in [1.807, 2.05) is 0 Å². The van der Waals surface area contributed by atoms with Crippen LogP contribution in [0.3, 0.4) is 0 Å². The molecule has 0 saturated carbocycles. The van der Waals surface area contributed by atoms with Crippen LogP contribution in [0.15, 0.2) is 35.2 Å². The fourth-order valence-corrected chi connectivity index (χ4v) is 4.24. The third-order valence-corrected chi connectivity index (χ3v) is 5.57. The van der Waals surface area contributed by atoms with Gasteiger partial charge in [-0.25, -0.2) is 13.2 Å². The van der Waals surface area contributed by atoms with Crippen molar-refractivity contribution >= 4 is 21.8 Å². The van der Waals surface area contributed by atoms with Crippen molar-refractivity contribution in [2.45, 2.75) is 30.6 Å². The maximum Gasteiger partial charge on any atom is 0.339 e. The largest absolute Gasteiger partial charge is 0.478 e. The molecule has 0 atom stereocenters. The maximum absolute atomic E-state index is 12.5. The van der Waals surface area contributed by atoms with Gasteiger partial charge in [-0.15, -0.1) is 0 Å². The molecule has 23 heavy (non-hydrogen) atoms. The van der Waals surface area contributed by atoms with Crippen LogP contribution in [-0.4, -0.2) is 24.1 Å². The van der Waals surface area contributed by atoms with Crippen LogP contribution in [-0.2, 0) is 29.9 Å². The van der Waals surface area contributed by atoms with Gasteiger partial charge in [0.15, 0.2) is 0 Å². The summed E-state index contributed by atoms with van der Waals surface area (Å²) >= 11 is 0. The van der Waals surface area contributed by atoms with Crippen LogP contribution in [0.1, 0.15) is 34.5 Å². The van der Waals surface area contributed by atoms with Crippen molar-refractivity contribution in [3.8, 4) is 0 Å². The number of nitrogens with zero attached hydrogens (tertiary/aromatic N) is 1. The molecule has 1 aromatic heterocycles. The molecule has 0 unspecified atom stereocenters. The van der Waals surface area contributed by atoms with Gasteiger partial charge < -0.3 is 9.67 Å². The molecule has 0 fully saturated rings.